The molecule has 0 N–H and O–H groups in total. The molecule has 0 bridgehead atoms. The maximum atomic E-state index is 3.73. The van der Waals surface area contributed by atoms with Gasteiger partial charge < -0.3 is 4.57 Å². The zero-order chi connectivity index (χ0) is 5.82. The lowest BCUT2D eigenvalue weighted by Gasteiger charge is -1.88. The normalized spacial score (nSPS) is 9.00. The summed E-state index contributed by atoms with van der Waals surface area (Å²) < 4.78 is 1.83. The first kappa shape index (κ1) is 5.09. The highest BCUT2D eigenvalue weighted by Gasteiger charge is 1.80. The molecule has 41 valence electrons. The van der Waals surface area contributed by atoms with Gasteiger partial charge in [0.25, 0.3) is 0 Å². The lowest BCUT2D eigenvalue weighted by Crippen LogP contribution is -1.88. The molecule has 0 aromatic carbocycles. The van der Waals surface area contributed by atoms with Gasteiger partial charge in [-0.05, 0) is 0 Å². The Morgan fingerprint density at radius 3 is 3.25 bits per heavy atom. The van der Waals surface area contributed by atoms with E-state index in [1.807, 2.05) is 10.8 Å². The van der Waals surface area contributed by atoms with E-state index in [9.17, 15) is 0 Å². The van der Waals surface area contributed by atoms with Crippen LogP contribution in [0.15, 0.2) is 25.0 Å². The number of hydrogen-bond donors (Lipinski definition) is 0. The molecule has 0 saturated heterocycles. The van der Waals surface area contributed by atoms with E-state index in [-0.39, 0.29) is 0 Å². The molecular formula is C6H7N2. The van der Waals surface area contributed by atoms with E-state index in [0.717, 1.165) is 6.54 Å². The Balaban J connectivity index is 2.62. The van der Waals surface area contributed by atoms with Crippen LogP contribution in [0.4, 0.5) is 0 Å². The lowest BCUT2D eigenvalue weighted by atomic mass is 10.6. The number of allylic oxidation sites excluding steroid dienone is 1. The minimum absolute atomic E-state index is 0.792. The zero-order valence-electron chi connectivity index (χ0n) is 4.54. The molecule has 2 nitrogen and oxygen atoms in total. The molecule has 0 saturated carbocycles. The fourth-order valence-electron chi connectivity index (χ4n) is 0.495. The summed E-state index contributed by atoms with van der Waals surface area (Å²) >= 11 is 0. The molecule has 0 aliphatic carbocycles. The summed E-state index contributed by atoms with van der Waals surface area (Å²) in [5.74, 6) is 0. The van der Waals surface area contributed by atoms with E-state index in [4.69, 9.17) is 0 Å². The summed E-state index contributed by atoms with van der Waals surface area (Å²) in [5, 5.41) is 0. The summed E-state index contributed by atoms with van der Waals surface area (Å²) in [6, 6.07) is 0. The molecule has 0 fully saturated rings. The van der Waals surface area contributed by atoms with Crippen LogP contribution in [0.1, 0.15) is 0 Å². The van der Waals surface area contributed by atoms with E-state index >= 15 is 0 Å². The highest BCUT2D eigenvalue weighted by Crippen LogP contribution is 1.82. The first-order chi connectivity index (χ1) is 3.93. The Hall–Kier alpha value is -1.05. The van der Waals surface area contributed by atoms with E-state index in [1.165, 1.54) is 0 Å². The zero-order valence-corrected chi connectivity index (χ0v) is 4.54. The molecule has 8 heavy (non-hydrogen) atoms. The van der Waals surface area contributed by atoms with Gasteiger partial charge in [-0.25, -0.2) is 4.98 Å². The van der Waals surface area contributed by atoms with Gasteiger partial charge in [0.1, 0.15) is 0 Å². The van der Waals surface area contributed by atoms with Gasteiger partial charge in [-0.3, -0.25) is 0 Å². The van der Waals surface area contributed by atoms with Crippen molar-refractivity contribution in [2.24, 2.45) is 0 Å². The molecule has 0 aliphatic heterocycles. The Morgan fingerprint density at radius 1 is 1.88 bits per heavy atom. The molecule has 1 aromatic heterocycles. The Labute approximate surface area is 48.5 Å². The highest BCUT2D eigenvalue weighted by molar-refractivity contribution is 4.77. The van der Waals surface area contributed by atoms with Crippen LogP contribution >= 0.6 is 0 Å². The SMILES string of the molecule is C=CCn1[c]ncc1. The van der Waals surface area contributed by atoms with Gasteiger partial charge in [0, 0.05) is 18.9 Å². The number of imidazole rings is 1. The molecular weight excluding hydrogens is 100 g/mol. The second-order valence-corrected chi connectivity index (χ2v) is 1.47. The molecule has 1 heterocycles. The third kappa shape index (κ3) is 0.964. The molecule has 1 radical (unpaired) electrons. The van der Waals surface area contributed by atoms with Crippen molar-refractivity contribution in [3.8, 4) is 0 Å². The van der Waals surface area contributed by atoms with Gasteiger partial charge in [-0.2, -0.15) is 0 Å². The Morgan fingerprint density at radius 2 is 2.75 bits per heavy atom. The van der Waals surface area contributed by atoms with E-state index < -0.39 is 0 Å². The third-order valence-corrected chi connectivity index (χ3v) is 0.833. The fourth-order valence-corrected chi connectivity index (χ4v) is 0.495. The van der Waals surface area contributed by atoms with Crippen molar-refractivity contribution in [1.82, 2.24) is 9.55 Å². The minimum Gasteiger partial charge on any atom is -0.325 e. The van der Waals surface area contributed by atoms with Crippen LogP contribution in [0.5, 0.6) is 0 Å². The van der Waals surface area contributed by atoms with Gasteiger partial charge in [-0.15, -0.1) is 6.58 Å². The first-order valence-corrected chi connectivity index (χ1v) is 2.43. The maximum Gasteiger partial charge on any atom is 0.176 e. The predicted molar refractivity (Wildman–Crippen MR) is 31.3 cm³/mol. The van der Waals surface area contributed by atoms with Crippen molar-refractivity contribution in [3.63, 3.8) is 0 Å². The number of aromatic nitrogens is 2. The number of hydrogen-bond acceptors (Lipinski definition) is 1. The smallest absolute Gasteiger partial charge is 0.176 e. The summed E-state index contributed by atoms with van der Waals surface area (Å²) in [4.78, 5) is 3.73. The van der Waals surface area contributed by atoms with Crippen molar-refractivity contribution in [3.05, 3.63) is 31.4 Å². The van der Waals surface area contributed by atoms with Crippen LogP contribution in [0, 0.1) is 6.33 Å². The lowest BCUT2D eigenvalue weighted by molar-refractivity contribution is 0.813. The largest absolute Gasteiger partial charge is 0.325 e. The molecule has 0 atom stereocenters. The third-order valence-electron chi connectivity index (χ3n) is 0.833. The molecule has 0 spiro atoms. The summed E-state index contributed by atoms with van der Waals surface area (Å²) in [6.45, 7) is 4.36. The number of nitrogens with zero attached hydrogens (tertiary/aromatic N) is 2. The van der Waals surface area contributed by atoms with Crippen molar-refractivity contribution in [1.29, 1.82) is 0 Å². The fraction of sp³-hybridized carbons (Fsp3) is 0.167. The van der Waals surface area contributed by atoms with Crippen molar-refractivity contribution >= 4 is 0 Å². The van der Waals surface area contributed by atoms with Gasteiger partial charge in [0.15, 0.2) is 6.33 Å². The summed E-state index contributed by atoms with van der Waals surface area (Å²) in [5.41, 5.74) is 0. The van der Waals surface area contributed by atoms with Gasteiger partial charge in [0.05, 0.1) is 0 Å². The second kappa shape index (κ2) is 2.31. The van der Waals surface area contributed by atoms with Crippen molar-refractivity contribution in [2.75, 3.05) is 0 Å². The standard InChI is InChI=1S/C6H7N2/c1-2-4-8-5-3-7-6-8/h2-3,5H,1,4H2. The van der Waals surface area contributed by atoms with E-state index in [0.29, 0.717) is 0 Å². The molecule has 0 amide bonds. The number of rotatable bonds is 2. The van der Waals surface area contributed by atoms with Crippen LogP contribution < -0.4 is 0 Å². The minimum atomic E-state index is 0.792. The predicted octanol–water partition coefficient (Wildman–Crippen LogP) is 0.869. The average Bonchev–Trinajstić information content (AvgIpc) is 2.19. The van der Waals surface area contributed by atoms with Crippen LogP contribution in [-0.2, 0) is 6.54 Å². The molecule has 0 aliphatic rings. The van der Waals surface area contributed by atoms with Crippen molar-refractivity contribution in [2.45, 2.75) is 6.54 Å². The molecule has 0 unspecified atom stereocenters. The Kier molecular flexibility index (Phi) is 1.47. The maximum absolute atomic E-state index is 3.73. The van der Waals surface area contributed by atoms with Crippen LogP contribution in [0.25, 0.3) is 0 Å². The van der Waals surface area contributed by atoms with E-state index in [2.05, 4.69) is 17.9 Å². The highest BCUT2D eigenvalue weighted by atomic mass is 15.0. The van der Waals surface area contributed by atoms with Crippen molar-refractivity contribution < 1.29 is 0 Å². The monoisotopic (exact) mass is 107 g/mol. The molecule has 1 aromatic rings. The van der Waals surface area contributed by atoms with Crippen LogP contribution in [-0.4, -0.2) is 9.55 Å². The van der Waals surface area contributed by atoms with Crippen LogP contribution in [0.2, 0.25) is 0 Å². The van der Waals surface area contributed by atoms with Gasteiger partial charge >= 0.3 is 0 Å². The summed E-state index contributed by atoms with van der Waals surface area (Å²) in [7, 11) is 0. The quantitative estimate of drug-likeness (QED) is 0.513. The Bertz CT molecular complexity index is 153. The van der Waals surface area contributed by atoms with E-state index in [1.54, 1.807) is 12.3 Å². The second-order valence-electron chi connectivity index (χ2n) is 1.47. The van der Waals surface area contributed by atoms with Gasteiger partial charge in [-0.1, -0.05) is 6.08 Å². The molecule has 1 rings (SSSR count). The molecule has 2 heteroatoms. The topological polar surface area (TPSA) is 17.8 Å². The van der Waals surface area contributed by atoms with Crippen LogP contribution in [0.3, 0.4) is 0 Å². The first-order valence-electron chi connectivity index (χ1n) is 2.43. The average molecular weight is 107 g/mol. The van der Waals surface area contributed by atoms with Gasteiger partial charge in [0.2, 0.25) is 0 Å². The summed E-state index contributed by atoms with van der Waals surface area (Å²) in [6.07, 6.45) is 8.08.